The van der Waals surface area contributed by atoms with Gasteiger partial charge in [-0.1, -0.05) is 60.7 Å². The summed E-state index contributed by atoms with van der Waals surface area (Å²) in [6.45, 7) is 3.19. The van der Waals surface area contributed by atoms with Gasteiger partial charge in [-0.25, -0.2) is 12.8 Å². The second kappa shape index (κ2) is 8.86. The van der Waals surface area contributed by atoms with Crippen molar-refractivity contribution < 1.29 is 17.7 Å². The number of rotatable bonds is 8. The van der Waals surface area contributed by atoms with E-state index in [0.717, 1.165) is 29.1 Å². The van der Waals surface area contributed by atoms with E-state index < -0.39 is 21.4 Å². The normalized spacial score (nSPS) is 14.9. The lowest BCUT2D eigenvalue weighted by Gasteiger charge is -2.33. The average molecular weight is 414 g/mol. The van der Waals surface area contributed by atoms with Gasteiger partial charge < -0.3 is 4.90 Å². The summed E-state index contributed by atoms with van der Waals surface area (Å²) in [4.78, 5) is 1.20. The molecule has 2 N–H and O–H groups in total. The minimum Gasteiger partial charge on any atom is -0.332 e. The van der Waals surface area contributed by atoms with Gasteiger partial charge in [-0.15, -0.1) is 0 Å². The minimum absolute atomic E-state index is 0.0433. The zero-order chi connectivity index (χ0) is 20.9. The predicted octanol–water partition coefficient (Wildman–Crippen LogP) is 2.73. The van der Waals surface area contributed by atoms with Gasteiger partial charge in [0.1, 0.15) is 24.4 Å². The van der Waals surface area contributed by atoms with Crippen molar-refractivity contribution in [2.24, 2.45) is 0 Å². The first-order chi connectivity index (χ1) is 13.8. The summed E-state index contributed by atoms with van der Waals surface area (Å²) in [5.74, 6) is -0.471. The van der Waals surface area contributed by atoms with Crippen molar-refractivity contribution in [2.75, 3.05) is 13.6 Å². The van der Waals surface area contributed by atoms with Crippen LogP contribution in [0.25, 0.3) is 0 Å². The van der Waals surface area contributed by atoms with Crippen molar-refractivity contribution in [2.45, 2.75) is 23.9 Å². The van der Waals surface area contributed by atoms with Crippen molar-refractivity contribution in [3.8, 4) is 0 Å². The first kappa shape index (κ1) is 21.2. The summed E-state index contributed by atoms with van der Waals surface area (Å²) in [6, 6.07) is 24.5. The maximum atomic E-state index is 13.2. The Morgan fingerprint density at radius 2 is 1.45 bits per heavy atom. The van der Waals surface area contributed by atoms with Crippen molar-refractivity contribution in [1.82, 2.24) is 4.72 Å². The quantitative estimate of drug-likeness (QED) is 0.597. The molecule has 0 aliphatic rings. The highest BCUT2D eigenvalue weighted by molar-refractivity contribution is 7.89. The van der Waals surface area contributed by atoms with E-state index in [1.165, 1.54) is 17.7 Å². The zero-order valence-electron chi connectivity index (χ0n) is 16.6. The van der Waals surface area contributed by atoms with Gasteiger partial charge in [-0.3, -0.25) is 0 Å². The van der Waals surface area contributed by atoms with Gasteiger partial charge in [0.25, 0.3) is 0 Å². The molecule has 0 saturated carbocycles. The lowest BCUT2D eigenvalue weighted by molar-refractivity contribution is -0.898. The van der Waals surface area contributed by atoms with Crippen molar-refractivity contribution in [1.29, 1.82) is 0 Å². The number of quaternary nitrogens is 1. The third-order valence-electron chi connectivity index (χ3n) is 4.90. The van der Waals surface area contributed by atoms with Gasteiger partial charge >= 0.3 is 0 Å². The van der Waals surface area contributed by atoms with Crippen LogP contribution in [0.15, 0.2) is 89.8 Å². The van der Waals surface area contributed by atoms with E-state index in [1.54, 1.807) is 0 Å². The van der Waals surface area contributed by atoms with E-state index in [1.807, 2.05) is 62.5 Å². The third-order valence-corrected chi connectivity index (χ3v) is 6.51. The highest BCUT2D eigenvalue weighted by Gasteiger charge is 2.35. The fourth-order valence-corrected chi connectivity index (χ4v) is 4.98. The Hall–Kier alpha value is -2.54. The maximum Gasteiger partial charge on any atom is 0.241 e. The second-order valence-electron chi connectivity index (χ2n) is 7.55. The summed E-state index contributed by atoms with van der Waals surface area (Å²) < 4.78 is 42.2. The van der Waals surface area contributed by atoms with Gasteiger partial charge in [0, 0.05) is 5.56 Å². The Kier molecular flexibility index (Phi) is 6.47. The van der Waals surface area contributed by atoms with Crippen LogP contribution in [0.5, 0.6) is 0 Å². The molecule has 0 saturated heterocycles. The molecule has 0 bridgehead atoms. The zero-order valence-corrected chi connectivity index (χ0v) is 17.4. The lowest BCUT2D eigenvalue weighted by atomic mass is 9.92. The highest BCUT2D eigenvalue weighted by Crippen LogP contribution is 2.23. The van der Waals surface area contributed by atoms with Crippen LogP contribution < -0.4 is 9.62 Å². The van der Waals surface area contributed by atoms with E-state index in [2.05, 4.69) is 16.9 Å². The molecule has 152 valence electrons. The molecule has 29 heavy (non-hydrogen) atoms. The maximum absolute atomic E-state index is 13.2. The first-order valence-electron chi connectivity index (χ1n) is 9.49. The number of hydrogen-bond donors (Lipinski definition) is 2. The van der Waals surface area contributed by atoms with Gasteiger partial charge in [-0.2, -0.15) is 4.72 Å². The topological polar surface area (TPSA) is 50.6 Å². The number of hydrogen-bond acceptors (Lipinski definition) is 2. The highest BCUT2D eigenvalue weighted by atomic mass is 32.2. The Balaban J connectivity index is 1.88. The SMILES string of the molecule is C[NH+](Cc1ccccc1)C[C@@](C)(NS(=O)(=O)c1ccc(F)cc1)c1ccccc1. The minimum atomic E-state index is -3.83. The summed E-state index contributed by atoms with van der Waals surface area (Å²) in [5.41, 5.74) is 1.22. The molecule has 3 rings (SSSR count). The smallest absolute Gasteiger partial charge is 0.241 e. The van der Waals surface area contributed by atoms with Crippen LogP contribution in [0.1, 0.15) is 18.1 Å². The Morgan fingerprint density at radius 1 is 0.897 bits per heavy atom. The molecule has 3 aromatic rings. The molecule has 6 heteroatoms. The van der Waals surface area contributed by atoms with Crippen molar-refractivity contribution in [3.63, 3.8) is 0 Å². The number of nitrogens with one attached hydrogen (secondary N) is 2. The van der Waals surface area contributed by atoms with Crippen LogP contribution >= 0.6 is 0 Å². The fourth-order valence-electron chi connectivity index (χ4n) is 3.58. The summed E-state index contributed by atoms with van der Waals surface area (Å²) in [5, 5.41) is 0. The van der Waals surface area contributed by atoms with Gasteiger partial charge in [0.15, 0.2) is 0 Å². The van der Waals surface area contributed by atoms with Crippen LogP contribution in [-0.2, 0) is 22.1 Å². The summed E-state index contributed by atoms with van der Waals surface area (Å²) >= 11 is 0. The number of benzene rings is 3. The second-order valence-corrected chi connectivity index (χ2v) is 9.24. The van der Waals surface area contributed by atoms with Crippen LogP contribution in [0, 0.1) is 5.82 Å². The number of likely N-dealkylation sites (N-methyl/N-ethyl adjacent to an activating group) is 1. The van der Waals surface area contributed by atoms with Crippen molar-refractivity contribution in [3.05, 3.63) is 102 Å². The molecule has 1 unspecified atom stereocenters. The largest absolute Gasteiger partial charge is 0.332 e. The standard InChI is InChI=1S/C23H25FN2O2S/c1-23(20-11-7-4-8-12-20,18-26(2)17-19-9-5-3-6-10-19)25-29(27,28)22-15-13-21(24)14-16-22/h3-16,25H,17-18H2,1-2H3/p+1/t23-/m1/s1. The van der Waals surface area contributed by atoms with Crippen LogP contribution in [0.3, 0.4) is 0 Å². The number of halogens is 1. The van der Waals surface area contributed by atoms with E-state index in [0.29, 0.717) is 6.54 Å². The monoisotopic (exact) mass is 413 g/mol. The Bertz CT molecular complexity index is 1030. The molecule has 0 fully saturated rings. The first-order valence-corrected chi connectivity index (χ1v) is 11.0. The molecule has 0 aliphatic heterocycles. The molecule has 2 atom stereocenters. The molecule has 0 radical (unpaired) electrons. The average Bonchev–Trinajstić information content (AvgIpc) is 2.69. The molecule has 0 heterocycles. The van der Waals surface area contributed by atoms with Crippen LogP contribution in [0.4, 0.5) is 4.39 Å². The van der Waals surface area contributed by atoms with Crippen molar-refractivity contribution >= 4 is 10.0 Å². The summed E-state index contributed by atoms with van der Waals surface area (Å²) in [6.07, 6.45) is 0. The molecule has 0 amide bonds. The molecule has 3 aromatic carbocycles. The van der Waals surface area contributed by atoms with Gasteiger partial charge in [0.2, 0.25) is 10.0 Å². The third kappa shape index (κ3) is 5.50. The molecule has 0 aliphatic carbocycles. The van der Waals surface area contributed by atoms with Crippen LogP contribution in [0.2, 0.25) is 0 Å². The summed E-state index contributed by atoms with van der Waals surface area (Å²) in [7, 11) is -1.79. The number of sulfonamides is 1. The van der Waals surface area contributed by atoms with Gasteiger partial charge in [0.05, 0.1) is 11.9 Å². The molecule has 0 aromatic heterocycles. The lowest BCUT2D eigenvalue weighted by Crippen LogP contribution is -3.09. The molecular formula is C23H26FN2O2S+. The molecule has 4 nitrogen and oxygen atoms in total. The van der Waals surface area contributed by atoms with E-state index in [-0.39, 0.29) is 4.90 Å². The predicted molar refractivity (Wildman–Crippen MR) is 112 cm³/mol. The van der Waals surface area contributed by atoms with Crippen LogP contribution in [-0.4, -0.2) is 22.0 Å². The Morgan fingerprint density at radius 3 is 2.03 bits per heavy atom. The molecular weight excluding hydrogens is 387 g/mol. The van der Waals surface area contributed by atoms with E-state index in [4.69, 9.17) is 0 Å². The van der Waals surface area contributed by atoms with Gasteiger partial charge in [-0.05, 0) is 36.8 Å². The fraction of sp³-hybridized carbons (Fsp3) is 0.217. The van der Waals surface area contributed by atoms with E-state index in [9.17, 15) is 12.8 Å². The Labute approximate surface area is 172 Å². The van der Waals surface area contributed by atoms with E-state index >= 15 is 0 Å². The molecule has 0 spiro atoms.